The van der Waals surface area contributed by atoms with Crippen LogP contribution in [0.5, 0.6) is 0 Å². The molecule has 1 aliphatic carbocycles. The molecule has 29 heavy (non-hydrogen) atoms. The van der Waals surface area contributed by atoms with Gasteiger partial charge in [-0.05, 0) is 48.8 Å². The highest BCUT2D eigenvalue weighted by Crippen LogP contribution is 2.42. The molecule has 1 aliphatic rings. The molecule has 0 saturated heterocycles. The average Bonchev–Trinajstić information content (AvgIpc) is 3.43. The van der Waals surface area contributed by atoms with E-state index < -0.39 is 11.7 Å². The fourth-order valence-electron chi connectivity index (χ4n) is 3.50. The van der Waals surface area contributed by atoms with Gasteiger partial charge in [-0.25, -0.2) is 0 Å². The van der Waals surface area contributed by atoms with Gasteiger partial charge in [0.25, 0.3) is 0 Å². The number of halogens is 3. The molecule has 0 atom stereocenters. The molecule has 3 nitrogen and oxygen atoms in total. The number of alkyl halides is 3. The van der Waals surface area contributed by atoms with E-state index in [1.807, 2.05) is 0 Å². The number of ketones is 1. The number of aromatic nitrogens is 1. The second-order valence-corrected chi connectivity index (χ2v) is 7.87. The molecule has 0 spiro atoms. The molecule has 0 N–H and O–H groups in total. The third kappa shape index (κ3) is 3.96. The Morgan fingerprint density at radius 1 is 1.14 bits per heavy atom. The summed E-state index contributed by atoms with van der Waals surface area (Å²) in [5.74, 6) is 0.516. The van der Waals surface area contributed by atoms with E-state index in [1.54, 1.807) is 36.6 Å². The molecule has 1 fully saturated rings. The van der Waals surface area contributed by atoms with Gasteiger partial charge in [0.2, 0.25) is 0 Å². The topological polar surface area (TPSA) is 43.1 Å². The van der Waals surface area contributed by atoms with Crippen molar-refractivity contribution in [3.8, 4) is 0 Å². The SMILES string of the molecule is CSc1cccc(C(F)(F)F)c1Cc1ccccc1C(=O)c1cnoc1C1CC1. The summed E-state index contributed by atoms with van der Waals surface area (Å²) in [5.41, 5.74) is 0.832. The molecule has 0 unspecified atom stereocenters. The van der Waals surface area contributed by atoms with Gasteiger partial charge in [0.1, 0.15) is 0 Å². The highest BCUT2D eigenvalue weighted by Gasteiger charge is 2.35. The lowest BCUT2D eigenvalue weighted by atomic mass is 9.92. The Morgan fingerprint density at radius 3 is 2.59 bits per heavy atom. The Morgan fingerprint density at radius 2 is 1.90 bits per heavy atom. The maximum Gasteiger partial charge on any atom is 0.416 e. The second-order valence-electron chi connectivity index (χ2n) is 7.03. The normalized spacial score (nSPS) is 14.2. The predicted octanol–water partition coefficient (Wildman–Crippen LogP) is 6.11. The summed E-state index contributed by atoms with van der Waals surface area (Å²) in [5, 5.41) is 3.77. The van der Waals surface area contributed by atoms with Crippen molar-refractivity contribution >= 4 is 17.5 Å². The Kier molecular flexibility index (Phi) is 5.25. The number of hydrogen-bond acceptors (Lipinski definition) is 4. The molecule has 2 aromatic carbocycles. The molecule has 7 heteroatoms. The Hall–Kier alpha value is -2.54. The summed E-state index contributed by atoms with van der Waals surface area (Å²) >= 11 is 1.26. The van der Waals surface area contributed by atoms with E-state index in [-0.39, 0.29) is 23.7 Å². The quantitative estimate of drug-likeness (QED) is 0.358. The van der Waals surface area contributed by atoms with E-state index >= 15 is 0 Å². The van der Waals surface area contributed by atoms with Crippen LogP contribution in [0.3, 0.4) is 0 Å². The highest BCUT2D eigenvalue weighted by molar-refractivity contribution is 7.98. The average molecular weight is 417 g/mol. The van der Waals surface area contributed by atoms with Gasteiger partial charge in [-0.3, -0.25) is 4.79 Å². The van der Waals surface area contributed by atoms with Gasteiger partial charge in [-0.1, -0.05) is 35.5 Å². The van der Waals surface area contributed by atoms with Crippen LogP contribution in [0.15, 0.2) is 58.1 Å². The fraction of sp³-hybridized carbons (Fsp3) is 0.273. The summed E-state index contributed by atoms with van der Waals surface area (Å²) < 4.78 is 46.1. The van der Waals surface area contributed by atoms with Crippen molar-refractivity contribution in [2.45, 2.75) is 36.3 Å². The predicted molar refractivity (Wildman–Crippen MR) is 104 cm³/mol. The minimum atomic E-state index is -4.46. The first kappa shape index (κ1) is 19.8. The zero-order valence-electron chi connectivity index (χ0n) is 15.6. The van der Waals surface area contributed by atoms with Crippen LogP contribution in [0.4, 0.5) is 13.2 Å². The molecule has 1 heterocycles. The molecule has 1 saturated carbocycles. The monoisotopic (exact) mass is 417 g/mol. The van der Waals surface area contributed by atoms with E-state index in [0.29, 0.717) is 27.3 Å². The zero-order chi connectivity index (χ0) is 20.6. The van der Waals surface area contributed by atoms with Gasteiger partial charge in [-0.2, -0.15) is 13.2 Å². The van der Waals surface area contributed by atoms with Crippen molar-refractivity contribution in [3.63, 3.8) is 0 Å². The lowest BCUT2D eigenvalue weighted by Crippen LogP contribution is -2.12. The summed E-state index contributed by atoms with van der Waals surface area (Å²) in [6.45, 7) is 0. The van der Waals surface area contributed by atoms with Crippen LogP contribution in [-0.4, -0.2) is 17.2 Å². The molecule has 4 rings (SSSR count). The van der Waals surface area contributed by atoms with Gasteiger partial charge >= 0.3 is 6.18 Å². The second kappa shape index (κ2) is 7.71. The number of carbonyl (C=O) groups is 1. The Bertz CT molecular complexity index is 1050. The van der Waals surface area contributed by atoms with Gasteiger partial charge in [-0.15, -0.1) is 11.8 Å². The number of hydrogen-bond donors (Lipinski definition) is 0. The summed E-state index contributed by atoms with van der Waals surface area (Å²) in [6, 6.07) is 11.0. The zero-order valence-corrected chi connectivity index (χ0v) is 16.4. The molecule has 0 aliphatic heterocycles. The van der Waals surface area contributed by atoms with Gasteiger partial charge < -0.3 is 4.52 Å². The van der Waals surface area contributed by atoms with E-state index in [2.05, 4.69) is 5.16 Å². The van der Waals surface area contributed by atoms with E-state index in [9.17, 15) is 18.0 Å². The Balaban J connectivity index is 1.76. The molecule has 3 aromatic rings. The molecule has 0 radical (unpaired) electrons. The van der Waals surface area contributed by atoms with Crippen LogP contribution in [0, 0.1) is 0 Å². The molecule has 1 aromatic heterocycles. The first-order chi connectivity index (χ1) is 13.9. The number of thioether (sulfide) groups is 1. The maximum atomic E-state index is 13.6. The van der Waals surface area contributed by atoms with Crippen molar-refractivity contribution < 1.29 is 22.5 Å². The maximum absolute atomic E-state index is 13.6. The number of nitrogens with zero attached hydrogens (tertiary/aromatic N) is 1. The minimum absolute atomic E-state index is 0.0117. The third-order valence-corrected chi connectivity index (χ3v) is 5.90. The summed E-state index contributed by atoms with van der Waals surface area (Å²) in [7, 11) is 0. The third-order valence-electron chi connectivity index (χ3n) is 5.08. The minimum Gasteiger partial charge on any atom is -0.360 e. The summed E-state index contributed by atoms with van der Waals surface area (Å²) in [4.78, 5) is 13.7. The number of benzene rings is 2. The van der Waals surface area contributed by atoms with E-state index in [4.69, 9.17) is 4.52 Å². The molecule has 150 valence electrons. The van der Waals surface area contributed by atoms with Crippen LogP contribution in [-0.2, 0) is 12.6 Å². The van der Waals surface area contributed by atoms with Crippen LogP contribution in [0.25, 0.3) is 0 Å². The first-order valence-corrected chi connectivity index (χ1v) is 10.4. The highest BCUT2D eigenvalue weighted by atomic mass is 32.2. The lowest BCUT2D eigenvalue weighted by Gasteiger charge is -2.17. The standard InChI is InChI=1S/C22H18F3NO2S/c1-29-19-8-4-7-18(22(23,24)25)16(19)11-14-5-2-3-6-15(14)20(27)17-12-26-28-21(17)13-9-10-13/h2-8,12-13H,9-11H2,1H3. The van der Waals surface area contributed by atoms with Crippen molar-refractivity contribution in [1.82, 2.24) is 5.16 Å². The fourth-order valence-corrected chi connectivity index (χ4v) is 4.14. The molecular weight excluding hydrogens is 399 g/mol. The number of carbonyl (C=O) groups excluding carboxylic acids is 1. The van der Waals surface area contributed by atoms with Crippen LogP contribution >= 0.6 is 11.8 Å². The van der Waals surface area contributed by atoms with Crippen molar-refractivity contribution in [3.05, 3.63) is 82.2 Å². The molecule has 0 amide bonds. The van der Waals surface area contributed by atoms with Crippen LogP contribution in [0.1, 0.15) is 57.1 Å². The van der Waals surface area contributed by atoms with Gasteiger partial charge in [0.05, 0.1) is 17.3 Å². The molecular formula is C22H18F3NO2S. The summed E-state index contributed by atoms with van der Waals surface area (Å²) in [6.07, 6.45) is 0.602. The smallest absolute Gasteiger partial charge is 0.360 e. The number of rotatable bonds is 6. The van der Waals surface area contributed by atoms with E-state index in [1.165, 1.54) is 24.0 Å². The first-order valence-electron chi connectivity index (χ1n) is 9.20. The van der Waals surface area contributed by atoms with Crippen molar-refractivity contribution in [2.24, 2.45) is 0 Å². The van der Waals surface area contributed by atoms with E-state index in [0.717, 1.165) is 18.9 Å². The Labute approximate surface area is 170 Å². The van der Waals surface area contributed by atoms with Crippen LogP contribution in [0.2, 0.25) is 0 Å². The van der Waals surface area contributed by atoms with Crippen LogP contribution < -0.4 is 0 Å². The molecule has 0 bridgehead atoms. The van der Waals surface area contributed by atoms with Crippen molar-refractivity contribution in [2.75, 3.05) is 6.26 Å². The lowest BCUT2D eigenvalue weighted by molar-refractivity contribution is -0.138. The van der Waals surface area contributed by atoms with Crippen molar-refractivity contribution in [1.29, 1.82) is 0 Å². The largest absolute Gasteiger partial charge is 0.416 e. The van der Waals surface area contributed by atoms with Gasteiger partial charge in [0.15, 0.2) is 11.5 Å². The van der Waals surface area contributed by atoms with Gasteiger partial charge in [0, 0.05) is 16.4 Å².